The molecule has 1 aromatic carbocycles. The van der Waals surface area contributed by atoms with Gasteiger partial charge in [-0.1, -0.05) is 18.2 Å². The van der Waals surface area contributed by atoms with Gasteiger partial charge in [-0.2, -0.15) is 0 Å². The van der Waals surface area contributed by atoms with Crippen molar-refractivity contribution in [2.24, 2.45) is 4.99 Å². The van der Waals surface area contributed by atoms with Crippen molar-refractivity contribution in [1.29, 1.82) is 0 Å². The summed E-state index contributed by atoms with van der Waals surface area (Å²) in [4.78, 5) is 19.2. The Labute approximate surface area is 171 Å². The molecule has 2 aromatic rings. The number of aromatic hydroxyl groups is 2. The van der Waals surface area contributed by atoms with E-state index in [2.05, 4.69) is 31.5 Å². The van der Waals surface area contributed by atoms with Crippen molar-refractivity contribution in [3.63, 3.8) is 0 Å². The van der Waals surface area contributed by atoms with Gasteiger partial charge in [0.05, 0.1) is 24.7 Å². The molecule has 0 bridgehead atoms. The van der Waals surface area contributed by atoms with E-state index in [-0.39, 0.29) is 23.4 Å². The summed E-state index contributed by atoms with van der Waals surface area (Å²) in [5.74, 6) is -0.0335. The summed E-state index contributed by atoms with van der Waals surface area (Å²) in [6.45, 7) is 0. The van der Waals surface area contributed by atoms with Gasteiger partial charge in [0.1, 0.15) is 0 Å². The molecule has 3 heterocycles. The summed E-state index contributed by atoms with van der Waals surface area (Å²) >= 11 is 0. The number of hydrazine groups is 1. The van der Waals surface area contributed by atoms with Crippen molar-refractivity contribution in [1.82, 2.24) is 20.7 Å². The van der Waals surface area contributed by atoms with Gasteiger partial charge in [-0.25, -0.2) is 9.79 Å². The molecule has 0 radical (unpaired) electrons. The number of benzene rings is 1. The van der Waals surface area contributed by atoms with Gasteiger partial charge in [-0.3, -0.25) is 15.8 Å². The van der Waals surface area contributed by atoms with Crippen LogP contribution in [-0.2, 0) is 4.74 Å². The Morgan fingerprint density at radius 1 is 1.30 bits per heavy atom. The number of allylic oxidation sites excluding steroid dienone is 2. The highest BCUT2D eigenvalue weighted by Crippen LogP contribution is 2.44. The monoisotopic (exact) mass is 405 g/mol. The highest BCUT2D eigenvalue weighted by molar-refractivity contribution is 5.95. The van der Waals surface area contributed by atoms with Crippen LogP contribution in [0.3, 0.4) is 0 Å². The van der Waals surface area contributed by atoms with Crippen LogP contribution in [0.25, 0.3) is 11.8 Å². The van der Waals surface area contributed by atoms with E-state index in [0.29, 0.717) is 6.42 Å². The van der Waals surface area contributed by atoms with Gasteiger partial charge in [0.25, 0.3) is 0 Å². The number of aromatic amines is 1. The van der Waals surface area contributed by atoms with Gasteiger partial charge < -0.3 is 19.9 Å². The Balaban J connectivity index is 1.53. The van der Waals surface area contributed by atoms with E-state index in [4.69, 9.17) is 0 Å². The van der Waals surface area contributed by atoms with Gasteiger partial charge >= 0.3 is 6.09 Å². The number of aromatic nitrogens is 1. The van der Waals surface area contributed by atoms with Crippen LogP contribution in [-0.4, -0.2) is 39.4 Å². The number of rotatable bonds is 1. The fourth-order valence-corrected chi connectivity index (χ4v) is 3.95. The number of amides is 1. The first-order chi connectivity index (χ1) is 14.5. The number of carbonyl (C=O) groups is 1. The van der Waals surface area contributed by atoms with E-state index in [0.717, 1.165) is 33.8 Å². The first-order valence-corrected chi connectivity index (χ1v) is 9.36. The lowest BCUT2D eigenvalue weighted by molar-refractivity contribution is 0.176. The number of phenols is 2. The Morgan fingerprint density at radius 2 is 2.17 bits per heavy atom. The van der Waals surface area contributed by atoms with Crippen molar-refractivity contribution < 1.29 is 19.7 Å². The predicted molar refractivity (Wildman–Crippen MR) is 110 cm³/mol. The number of guanidine groups is 1. The van der Waals surface area contributed by atoms with Crippen LogP contribution in [0.2, 0.25) is 0 Å². The van der Waals surface area contributed by atoms with Crippen molar-refractivity contribution in [2.75, 3.05) is 7.11 Å². The SMILES string of the molecule is COC(=O)NC1=NC=C2C=Cc3c[nH]c4c3C(=CCC4c3ccc(O)c(O)c3)N2N1. The minimum absolute atomic E-state index is 0.00551. The highest BCUT2D eigenvalue weighted by Gasteiger charge is 2.33. The lowest BCUT2D eigenvalue weighted by Crippen LogP contribution is -2.50. The van der Waals surface area contributed by atoms with Crippen molar-refractivity contribution in [2.45, 2.75) is 12.3 Å². The summed E-state index contributed by atoms with van der Waals surface area (Å²) in [6, 6.07) is 4.90. The molecule has 9 nitrogen and oxygen atoms in total. The zero-order valence-electron chi connectivity index (χ0n) is 16.0. The summed E-state index contributed by atoms with van der Waals surface area (Å²) in [5, 5.41) is 24.0. The average molecular weight is 405 g/mol. The largest absolute Gasteiger partial charge is 0.504 e. The molecule has 5 N–H and O–H groups in total. The highest BCUT2D eigenvalue weighted by atomic mass is 16.5. The Hall–Kier alpha value is -4.14. The van der Waals surface area contributed by atoms with Crippen molar-refractivity contribution in [3.8, 4) is 11.5 Å². The van der Waals surface area contributed by atoms with Gasteiger partial charge in [0.15, 0.2) is 11.5 Å². The average Bonchev–Trinajstić information content (AvgIpc) is 3.11. The number of methoxy groups -OCH3 is 1. The Bertz CT molecular complexity index is 1170. The molecule has 1 amide bonds. The number of nitrogens with zero attached hydrogens (tertiary/aromatic N) is 2. The van der Waals surface area contributed by atoms with Gasteiger partial charge in [-0.05, 0) is 30.2 Å². The molecule has 2 aliphatic heterocycles. The summed E-state index contributed by atoms with van der Waals surface area (Å²) in [6.07, 6.45) is 9.71. The van der Waals surface area contributed by atoms with E-state index in [1.807, 2.05) is 29.4 Å². The predicted octanol–water partition coefficient (Wildman–Crippen LogP) is 2.70. The molecule has 30 heavy (non-hydrogen) atoms. The van der Waals surface area contributed by atoms with E-state index in [1.54, 1.807) is 12.3 Å². The molecule has 1 unspecified atom stereocenters. The molecule has 1 aliphatic carbocycles. The minimum Gasteiger partial charge on any atom is -0.504 e. The lowest BCUT2D eigenvalue weighted by Gasteiger charge is -2.34. The summed E-state index contributed by atoms with van der Waals surface area (Å²) in [5.41, 5.74) is 8.81. The van der Waals surface area contributed by atoms with Crippen LogP contribution in [0.4, 0.5) is 4.79 Å². The van der Waals surface area contributed by atoms with E-state index in [1.165, 1.54) is 13.2 Å². The summed E-state index contributed by atoms with van der Waals surface area (Å²) in [7, 11) is 1.29. The molecule has 0 saturated heterocycles. The normalized spacial score (nSPS) is 18.8. The van der Waals surface area contributed by atoms with Gasteiger partial charge in [0.2, 0.25) is 5.96 Å². The molecule has 0 saturated carbocycles. The Morgan fingerprint density at radius 3 is 2.97 bits per heavy atom. The van der Waals surface area contributed by atoms with Gasteiger partial charge in [-0.15, -0.1) is 0 Å². The third-order valence-corrected chi connectivity index (χ3v) is 5.38. The molecule has 9 heteroatoms. The van der Waals surface area contributed by atoms with E-state index in [9.17, 15) is 15.0 Å². The molecule has 1 aromatic heterocycles. The number of fused-ring (bicyclic) bond motifs is 2. The minimum atomic E-state index is -0.615. The number of carbonyl (C=O) groups excluding carboxylic acids is 1. The maximum absolute atomic E-state index is 11.6. The number of hydrogen-bond donors (Lipinski definition) is 5. The topological polar surface area (TPSA) is 122 Å². The molecular weight excluding hydrogens is 386 g/mol. The molecular formula is C21H19N5O4. The van der Waals surface area contributed by atoms with Crippen LogP contribution in [0.1, 0.15) is 34.7 Å². The third kappa shape index (κ3) is 2.79. The maximum atomic E-state index is 11.6. The number of nitrogens with one attached hydrogen (secondary N) is 3. The number of H-pyrrole nitrogens is 1. The number of hydrogen-bond acceptors (Lipinski definition) is 7. The quantitative estimate of drug-likeness (QED) is 0.465. The second kappa shape index (κ2) is 6.73. The zero-order valence-corrected chi connectivity index (χ0v) is 16.0. The van der Waals surface area contributed by atoms with Crippen molar-refractivity contribution in [3.05, 3.63) is 70.8 Å². The van der Waals surface area contributed by atoms with Crippen LogP contribution in [0, 0.1) is 0 Å². The number of aliphatic imine (C=N–C) groups is 1. The van der Waals surface area contributed by atoms with Crippen LogP contribution >= 0.6 is 0 Å². The fourth-order valence-electron chi connectivity index (χ4n) is 3.95. The molecule has 0 fully saturated rings. The van der Waals surface area contributed by atoms with Crippen LogP contribution in [0.15, 0.2) is 53.4 Å². The molecule has 1 atom stereocenters. The first kappa shape index (κ1) is 17.9. The fraction of sp³-hybridized carbons (Fsp3) is 0.143. The lowest BCUT2D eigenvalue weighted by atomic mass is 9.84. The second-order valence-corrected chi connectivity index (χ2v) is 7.09. The smallest absolute Gasteiger partial charge is 0.413 e. The number of alkyl carbamates (subject to hydrolysis) is 1. The Kier molecular flexibility index (Phi) is 4.02. The molecule has 0 spiro atoms. The van der Waals surface area contributed by atoms with E-state index >= 15 is 0 Å². The first-order valence-electron chi connectivity index (χ1n) is 9.36. The molecule has 152 valence electrons. The second-order valence-electron chi connectivity index (χ2n) is 7.09. The maximum Gasteiger partial charge on any atom is 0.413 e. The third-order valence-electron chi connectivity index (χ3n) is 5.38. The van der Waals surface area contributed by atoms with Crippen LogP contribution < -0.4 is 10.7 Å². The molecule has 5 rings (SSSR count). The number of ether oxygens (including phenoxy) is 1. The standard InChI is InChI=1S/C21H19N5O4/c1-30-21(29)24-20-23-10-13-4-2-12-9-22-19-14(11-3-7-16(27)17(28)8-11)5-6-15(18(12)19)26(13)25-20/h2-4,6-10,14,22,27-28H,5H2,1H3,(H2,23,24,25,29). The van der Waals surface area contributed by atoms with Gasteiger partial charge in [0, 0.05) is 28.9 Å². The van der Waals surface area contributed by atoms with Crippen LogP contribution in [0.5, 0.6) is 11.5 Å². The molecule has 3 aliphatic rings. The van der Waals surface area contributed by atoms with Crippen molar-refractivity contribution >= 4 is 23.8 Å². The summed E-state index contributed by atoms with van der Waals surface area (Å²) < 4.78 is 4.64. The van der Waals surface area contributed by atoms with E-state index < -0.39 is 6.09 Å². The zero-order chi connectivity index (χ0) is 20.8. The number of phenolic OH excluding ortho intramolecular Hbond substituents is 2.